The highest BCUT2D eigenvalue weighted by molar-refractivity contribution is 5.98. The van der Waals surface area contributed by atoms with Crippen LogP contribution in [0.2, 0.25) is 0 Å². The summed E-state index contributed by atoms with van der Waals surface area (Å²) < 4.78 is 0. The maximum absolute atomic E-state index is 12.8. The third-order valence-electron chi connectivity index (χ3n) is 4.79. The van der Waals surface area contributed by atoms with Gasteiger partial charge in [-0.05, 0) is 44.0 Å². The maximum atomic E-state index is 12.8. The molecule has 3 rings (SSSR count). The zero-order valence-electron chi connectivity index (χ0n) is 15.7. The summed E-state index contributed by atoms with van der Waals surface area (Å²) in [6, 6.07) is 5.53. The van der Waals surface area contributed by atoms with Crippen LogP contribution in [0.5, 0.6) is 0 Å². The molecule has 1 aromatic carbocycles. The summed E-state index contributed by atoms with van der Waals surface area (Å²) in [7, 11) is 0. The molecule has 0 aliphatic carbocycles. The Hall–Kier alpha value is -2.12. The smallest absolute Gasteiger partial charge is 0.253 e. The van der Waals surface area contributed by atoms with Crippen LogP contribution < -0.4 is 10.6 Å². The molecule has 0 bridgehead atoms. The number of piperidine rings is 1. The summed E-state index contributed by atoms with van der Waals surface area (Å²) in [6.45, 7) is 5.66. The highest BCUT2D eigenvalue weighted by atomic mass is 35.5. The fourth-order valence-corrected chi connectivity index (χ4v) is 3.35. The summed E-state index contributed by atoms with van der Waals surface area (Å²) in [5, 5.41) is 14.0. The molecule has 2 amide bonds. The van der Waals surface area contributed by atoms with Crippen LogP contribution in [0, 0.1) is 5.92 Å². The van der Waals surface area contributed by atoms with E-state index in [0.717, 1.165) is 43.3 Å². The SMILES string of the molecule is CCCNCCNC(=O)C1CCCN(C(=O)c2ccc3[nH]ncc3c2)C1.Cl. The highest BCUT2D eigenvalue weighted by Gasteiger charge is 2.28. The molecular weight excluding hydrogens is 366 g/mol. The minimum absolute atomic E-state index is 0. The summed E-state index contributed by atoms with van der Waals surface area (Å²) in [5.74, 6) is -0.0992. The van der Waals surface area contributed by atoms with E-state index in [0.29, 0.717) is 25.2 Å². The molecule has 7 nitrogen and oxygen atoms in total. The number of nitrogens with one attached hydrogen (secondary N) is 3. The van der Waals surface area contributed by atoms with Crippen molar-refractivity contribution >= 4 is 35.1 Å². The van der Waals surface area contributed by atoms with Gasteiger partial charge in [0.1, 0.15) is 0 Å². The molecule has 2 aromatic rings. The number of H-pyrrole nitrogens is 1. The molecule has 0 saturated carbocycles. The Bertz CT molecular complexity index is 763. The molecule has 2 heterocycles. The van der Waals surface area contributed by atoms with Crippen molar-refractivity contribution in [3.8, 4) is 0 Å². The third kappa shape index (κ3) is 5.43. The molecule has 1 aliphatic heterocycles. The molecule has 1 aliphatic rings. The van der Waals surface area contributed by atoms with Gasteiger partial charge in [-0.15, -0.1) is 12.4 Å². The molecule has 3 N–H and O–H groups in total. The Labute approximate surface area is 165 Å². The summed E-state index contributed by atoms with van der Waals surface area (Å²) in [4.78, 5) is 27.0. The predicted octanol–water partition coefficient (Wildman–Crippen LogP) is 1.95. The molecule has 0 radical (unpaired) electrons. The lowest BCUT2D eigenvalue weighted by Crippen LogP contribution is -2.46. The fourth-order valence-electron chi connectivity index (χ4n) is 3.35. The number of fused-ring (bicyclic) bond motifs is 1. The lowest BCUT2D eigenvalue weighted by atomic mass is 9.96. The van der Waals surface area contributed by atoms with Crippen molar-refractivity contribution in [3.63, 3.8) is 0 Å². The second-order valence-corrected chi connectivity index (χ2v) is 6.80. The number of carbonyl (C=O) groups excluding carboxylic acids is 2. The van der Waals surface area contributed by atoms with Crippen molar-refractivity contribution < 1.29 is 9.59 Å². The number of benzene rings is 1. The van der Waals surface area contributed by atoms with E-state index in [4.69, 9.17) is 0 Å². The van der Waals surface area contributed by atoms with Gasteiger partial charge in [0.15, 0.2) is 0 Å². The molecular formula is C19H28ClN5O2. The van der Waals surface area contributed by atoms with Gasteiger partial charge in [-0.2, -0.15) is 5.10 Å². The number of halogens is 1. The zero-order valence-corrected chi connectivity index (χ0v) is 16.5. The van der Waals surface area contributed by atoms with Gasteiger partial charge < -0.3 is 15.5 Å². The van der Waals surface area contributed by atoms with Crippen molar-refractivity contribution in [2.45, 2.75) is 26.2 Å². The van der Waals surface area contributed by atoms with E-state index >= 15 is 0 Å². The summed E-state index contributed by atoms with van der Waals surface area (Å²) in [6.07, 6.45) is 4.48. The largest absolute Gasteiger partial charge is 0.355 e. The van der Waals surface area contributed by atoms with Gasteiger partial charge in [-0.25, -0.2) is 0 Å². The van der Waals surface area contributed by atoms with Crippen molar-refractivity contribution in [2.24, 2.45) is 5.92 Å². The van der Waals surface area contributed by atoms with E-state index in [1.54, 1.807) is 11.1 Å². The van der Waals surface area contributed by atoms with Crippen molar-refractivity contribution in [1.29, 1.82) is 0 Å². The van der Waals surface area contributed by atoms with Crippen LogP contribution in [-0.4, -0.2) is 59.6 Å². The van der Waals surface area contributed by atoms with E-state index < -0.39 is 0 Å². The second kappa shape index (κ2) is 10.3. The third-order valence-corrected chi connectivity index (χ3v) is 4.79. The van der Waals surface area contributed by atoms with Crippen LogP contribution in [0.15, 0.2) is 24.4 Å². The molecule has 148 valence electrons. The maximum Gasteiger partial charge on any atom is 0.253 e. The van der Waals surface area contributed by atoms with Gasteiger partial charge in [-0.1, -0.05) is 6.92 Å². The number of likely N-dealkylation sites (tertiary alicyclic amines) is 1. The summed E-state index contributed by atoms with van der Waals surface area (Å²) >= 11 is 0. The lowest BCUT2D eigenvalue weighted by Gasteiger charge is -2.32. The number of rotatable bonds is 7. The van der Waals surface area contributed by atoms with Crippen LogP contribution in [0.3, 0.4) is 0 Å². The average molecular weight is 394 g/mol. The predicted molar refractivity (Wildman–Crippen MR) is 108 cm³/mol. The van der Waals surface area contributed by atoms with E-state index in [-0.39, 0.29) is 30.1 Å². The summed E-state index contributed by atoms with van der Waals surface area (Å²) in [5.41, 5.74) is 1.55. The molecule has 27 heavy (non-hydrogen) atoms. The van der Waals surface area contributed by atoms with E-state index in [1.807, 2.05) is 18.2 Å². The van der Waals surface area contributed by atoms with Crippen molar-refractivity contribution in [3.05, 3.63) is 30.0 Å². The standard InChI is InChI=1S/C19H27N5O2.ClH/c1-2-7-20-8-9-21-18(25)15-4-3-10-24(13-15)19(26)14-5-6-17-16(11-14)12-22-23-17;/h5-6,11-12,15,20H,2-4,7-10,13H2,1H3,(H,21,25)(H,22,23);1H. The van der Waals surface area contributed by atoms with Gasteiger partial charge in [0, 0.05) is 37.1 Å². The fraction of sp³-hybridized carbons (Fsp3) is 0.526. The normalized spacial score (nSPS) is 16.8. The quantitative estimate of drug-likeness (QED) is 0.627. The monoisotopic (exact) mass is 393 g/mol. The Kier molecular flexibility index (Phi) is 8.06. The molecule has 8 heteroatoms. The van der Waals surface area contributed by atoms with Gasteiger partial charge >= 0.3 is 0 Å². The second-order valence-electron chi connectivity index (χ2n) is 6.80. The Morgan fingerprint density at radius 2 is 2.15 bits per heavy atom. The van der Waals surface area contributed by atoms with Crippen LogP contribution in [-0.2, 0) is 4.79 Å². The molecule has 1 unspecified atom stereocenters. The number of aromatic amines is 1. The van der Waals surface area contributed by atoms with E-state index in [2.05, 4.69) is 27.8 Å². The van der Waals surface area contributed by atoms with Crippen molar-refractivity contribution in [2.75, 3.05) is 32.7 Å². The first-order valence-corrected chi connectivity index (χ1v) is 9.40. The Morgan fingerprint density at radius 3 is 2.96 bits per heavy atom. The van der Waals surface area contributed by atoms with Gasteiger partial charge in [0.05, 0.1) is 17.6 Å². The zero-order chi connectivity index (χ0) is 18.4. The molecule has 1 fully saturated rings. The molecule has 0 spiro atoms. The topological polar surface area (TPSA) is 90.1 Å². The number of hydrogen-bond donors (Lipinski definition) is 3. The van der Waals surface area contributed by atoms with Crippen LogP contribution in [0.4, 0.5) is 0 Å². The highest BCUT2D eigenvalue weighted by Crippen LogP contribution is 2.20. The molecule has 1 aromatic heterocycles. The number of aromatic nitrogens is 2. The Balaban J connectivity index is 0.00000261. The first-order valence-electron chi connectivity index (χ1n) is 9.40. The molecule has 1 atom stereocenters. The van der Waals surface area contributed by atoms with Gasteiger partial charge in [0.25, 0.3) is 5.91 Å². The van der Waals surface area contributed by atoms with E-state index in [1.165, 1.54) is 0 Å². The van der Waals surface area contributed by atoms with Crippen LogP contribution in [0.1, 0.15) is 36.5 Å². The first-order chi connectivity index (χ1) is 12.7. The molecule has 1 saturated heterocycles. The minimum Gasteiger partial charge on any atom is -0.355 e. The van der Waals surface area contributed by atoms with Gasteiger partial charge in [0.2, 0.25) is 5.91 Å². The lowest BCUT2D eigenvalue weighted by molar-refractivity contribution is -0.126. The number of amides is 2. The van der Waals surface area contributed by atoms with Crippen molar-refractivity contribution in [1.82, 2.24) is 25.7 Å². The minimum atomic E-state index is -0.128. The van der Waals surface area contributed by atoms with E-state index in [9.17, 15) is 9.59 Å². The van der Waals surface area contributed by atoms with Crippen LogP contribution in [0.25, 0.3) is 10.9 Å². The number of nitrogens with zero attached hydrogens (tertiary/aromatic N) is 2. The number of carbonyl (C=O) groups is 2. The number of hydrogen-bond acceptors (Lipinski definition) is 4. The first kappa shape index (κ1) is 21.2. The average Bonchev–Trinajstić information content (AvgIpc) is 3.15. The van der Waals surface area contributed by atoms with Crippen LogP contribution >= 0.6 is 12.4 Å². The Morgan fingerprint density at radius 1 is 1.30 bits per heavy atom. The van der Waals surface area contributed by atoms with Gasteiger partial charge in [-0.3, -0.25) is 14.7 Å².